The Hall–Kier alpha value is -3.00. The van der Waals surface area contributed by atoms with Crippen molar-refractivity contribution in [3.8, 4) is 5.75 Å². The average molecular weight is 430 g/mol. The third-order valence-electron chi connectivity index (χ3n) is 5.01. The van der Waals surface area contributed by atoms with Gasteiger partial charge in [-0.1, -0.05) is 18.2 Å². The molecule has 1 heterocycles. The number of nitrogens with one attached hydrogen (secondary N) is 1. The number of benzene rings is 2. The molecule has 0 saturated carbocycles. The van der Waals surface area contributed by atoms with Crippen molar-refractivity contribution in [3.63, 3.8) is 0 Å². The first kappa shape index (κ1) is 21.7. The zero-order valence-electron chi connectivity index (χ0n) is 16.9. The van der Waals surface area contributed by atoms with E-state index in [1.54, 1.807) is 48.4 Å². The Labute approximate surface area is 180 Å². The summed E-state index contributed by atoms with van der Waals surface area (Å²) >= 11 is 5.49. The number of nitrogens with zero attached hydrogens (tertiary/aromatic N) is 2. The molecule has 1 saturated heterocycles. The lowest BCUT2D eigenvalue weighted by Crippen LogP contribution is -2.39. The Morgan fingerprint density at radius 3 is 2.63 bits per heavy atom. The molecule has 0 bridgehead atoms. The second-order valence-electron chi connectivity index (χ2n) is 6.93. The number of ether oxygens (including phenoxy) is 1. The Bertz CT molecular complexity index is 935. The predicted octanol–water partition coefficient (Wildman–Crippen LogP) is 3.22. The molecule has 2 aromatic rings. The van der Waals surface area contributed by atoms with Crippen molar-refractivity contribution in [2.24, 2.45) is 0 Å². The van der Waals surface area contributed by atoms with Gasteiger partial charge in [-0.25, -0.2) is 4.39 Å². The molecule has 1 N–H and O–H groups in total. The fourth-order valence-electron chi connectivity index (χ4n) is 3.42. The summed E-state index contributed by atoms with van der Waals surface area (Å²) in [5.74, 6) is -0.129. The maximum atomic E-state index is 13.1. The molecule has 1 aliphatic heterocycles. The molecule has 158 valence electrons. The number of thiocarbonyl (C=S) groups is 1. The van der Waals surface area contributed by atoms with Crippen LogP contribution in [-0.2, 0) is 16.0 Å². The Morgan fingerprint density at radius 1 is 1.23 bits per heavy atom. The number of methoxy groups -OCH3 is 1. The van der Waals surface area contributed by atoms with Gasteiger partial charge in [0.05, 0.1) is 13.5 Å². The van der Waals surface area contributed by atoms with Crippen molar-refractivity contribution in [1.82, 2.24) is 9.80 Å². The van der Waals surface area contributed by atoms with E-state index >= 15 is 0 Å². The lowest BCUT2D eigenvalue weighted by molar-refractivity contribution is -0.130. The highest BCUT2D eigenvalue weighted by Crippen LogP contribution is 2.23. The summed E-state index contributed by atoms with van der Waals surface area (Å²) < 4.78 is 18.3. The molecule has 1 atom stereocenters. The Kier molecular flexibility index (Phi) is 6.99. The van der Waals surface area contributed by atoms with Gasteiger partial charge in [-0.05, 0) is 55.4 Å². The van der Waals surface area contributed by atoms with E-state index in [0.29, 0.717) is 36.1 Å². The van der Waals surface area contributed by atoms with Crippen LogP contribution in [-0.4, -0.2) is 53.0 Å². The number of amides is 2. The summed E-state index contributed by atoms with van der Waals surface area (Å²) in [5.41, 5.74) is 1.53. The monoisotopic (exact) mass is 429 g/mol. The van der Waals surface area contributed by atoms with Gasteiger partial charge < -0.3 is 15.0 Å². The third-order valence-corrected chi connectivity index (χ3v) is 5.46. The fourth-order valence-corrected chi connectivity index (χ4v) is 3.86. The van der Waals surface area contributed by atoms with Crippen LogP contribution in [0.25, 0.3) is 0 Å². The van der Waals surface area contributed by atoms with E-state index < -0.39 is 6.04 Å². The summed E-state index contributed by atoms with van der Waals surface area (Å²) in [6.07, 6.45) is 0.565. The first-order valence-electron chi connectivity index (χ1n) is 9.73. The van der Waals surface area contributed by atoms with E-state index in [4.69, 9.17) is 17.0 Å². The van der Waals surface area contributed by atoms with Gasteiger partial charge in [0, 0.05) is 24.8 Å². The highest BCUT2D eigenvalue weighted by molar-refractivity contribution is 7.80. The summed E-state index contributed by atoms with van der Waals surface area (Å²) in [7, 11) is 1.55. The zero-order valence-corrected chi connectivity index (χ0v) is 17.7. The van der Waals surface area contributed by atoms with Crippen molar-refractivity contribution < 1.29 is 18.7 Å². The largest absolute Gasteiger partial charge is 0.497 e. The number of hydrogen-bond acceptors (Lipinski definition) is 4. The molecule has 0 spiro atoms. The Balaban J connectivity index is 1.70. The molecule has 0 radical (unpaired) electrons. The molecule has 8 heteroatoms. The average Bonchev–Trinajstić information content (AvgIpc) is 2.96. The molecular formula is C22H24FN3O3S. The number of carbonyl (C=O) groups excluding carboxylic acids is 2. The molecule has 0 aromatic heterocycles. The molecule has 1 fully saturated rings. The molecular weight excluding hydrogens is 405 g/mol. The first-order valence-corrected chi connectivity index (χ1v) is 10.1. The van der Waals surface area contributed by atoms with Crippen LogP contribution >= 0.6 is 12.2 Å². The van der Waals surface area contributed by atoms with Crippen LogP contribution in [0.1, 0.15) is 18.9 Å². The van der Waals surface area contributed by atoms with Gasteiger partial charge in [-0.15, -0.1) is 0 Å². The zero-order chi connectivity index (χ0) is 21.7. The van der Waals surface area contributed by atoms with Crippen LogP contribution in [0.15, 0.2) is 48.5 Å². The topological polar surface area (TPSA) is 61.9 Å². The fraction of sp³-hybridized carbons (Fsp3) is 0.318. The van der Waals surface area contributed by atoms with Gasteiger partial charge in [0.1, 0.15) is 17.6 Å². The van der Waals surface area contributed by atoms with Crippen LogP contribution in [0.5, 0.6) is 5.75 Å². The summed E-state index contributed by atoms with van der Waals surface area (Å²) in [6.45, 7) is 2.75. The highest BCUT2D eigenvalue weighted by Gasteiger charge is 2.42. The van der Waals surface area contributed by atoms with Gasteiger partial charge in [0.15, 0.2) is 5.11 Å². The van der Waals surface area contributed by atoms with Crippen molar-refractivity contribution in [3.05, 3.63) is 59.9 Å². The molecule has 0 unspecified atom stereocenters. The van der Waals surface area contributed by atoms with Gasteiger partial charge in [-0.3, -0.25) is 14.5 Å². The molecule has 6 nitrogen and oxygen atoms in total. The SMILES string of the molecule is CCN1C(=O)[C@@H](CC(=O)Nc2cccc(OC)c2)N(CCc2ccc(F)cc2)C1=S. The standard InChI is InChI=1S/C22H24FN3O3S/c1-3-25-21(28)19(14-20(27)24-17-5-4-6-18(13-17)29-2)26(22(25)30)12-11-15-7-9-16(23)10-8-15/h4-10,13,19H,3,11-12,14H2,1-2H3,(H,24,27)/t19-/m1/s1. The number of anilines is 1. The first-order chi connectivity index (χ1) is 14.4. The third kappa shape index (κ3) is 4.94. The van der Waals surface area contributed by atoms with Crippen LogP contribution in [0.4, 0.5) is 10.1 Å². The summed E-state index contributed by atoms with van der Waals surface area (Å²) in [4.78, 5) is 28.8. The van der Waals surface area contributed by atoms with Gasteiger partial charge in [0.25, 0.3) is 5.91 Å². The van der Waals surface area contributed by atoms with Crippen molar-refractivity contribution >= 4 is 34.8 Å². The van der Waals surface area contributed by atoms with Crippen molar-refractivity contribution in [2.75, 3.05) is 25.5 Å². The number of likely N-dealkylation sites (N-methyl/N-ethyl adjacent to an activating group) is 1. The minimum Gasteiger partial charge on any atom is -0.497 e. The summed E-state index contributed by atoms with van der Waals surface area (Å²) in [5, 5.41) is 3.23. The number of carbonyl (C=O) groups is 2. The number of hydrogen-bond donors (Lipinski definition) is 1. The number of rotatable bonds is 8. The minimum atomic E-state index is -0.663. The van der Waals surface area contributed by atoms with Crippen LogP contribution in [0.3, 0.4) is 0 Å². The normalized spacial score (nSPS) is 16.2. The lowest BCUT2D eigenvalue weighted by Gasteiger charge is -2.23. The van der Waals surface area contributed by atoms with Crippen LogP contribution in [0.2, 0.25) is 0 Å². The molecule has 3 rings (SSSR count). The van der Waals surface area contributed by atoms with Crippen molar-refractivity contribution in [2.45, 2.75) is 25.8 Å². The second-order valence-corrected chi connectivity index (χ2v) is 7.30. The molecule has 2 aromatic carbocycles. The second kappa shape index (κ2) is 9.67. The Morgan fingerprint density at radius 2 is 1.97 bits per heavy atom. The molecule has 30 heavy (non-hydrogen) atoms. The van der Waals surface area contributed by atoms with Gasteiger partial charge in [-0.2, -0.15) is 0 Å². The summed E-state index contributed by atoms with van der Waals surface area (Å²) in [6, 6.07) is 12.6. The van der Waals surface area contributed by atoms with E-state index in [2.05, 4.69) is 5.32 Å². The molecule has 1 aliphatic rings. The maximum Gasteiger partial charge on any atom is 0.252 e. The lowest BCUT2D eigenvalue weighted by atomic mass is 10.1. The van der Waals surface area contributed by atoms with E-state index in [9.17, 15) is 14.0 Å². The van der Waals surface area contributed by atoms with E-state index in [-0.39, 0.29) is 24.1 Å². The maximum absolute atomic E-state index is 13.1. The van der Waals surface area contributed by atoms with E-state index in [1.807, 2.05) is 6.92 Å². The van der Waals surface area contributed by atoms with Crippen LogP contribution < -0.4 is 10.1 Å². The highest BCUT2D eigenvalue weighted by atomic mass is 32.1. The van der Waals surface area contributed by atoms with E-state index in [0.717, 1.165) is 5.56 Å². The predicted molar refractivity (Wildman–Crippen MR) is 117 cm³/mol. The molecule has 2 amide bonds. The molecule has 0 aliphatic carbocycles. The van der Waals surface area contributed by atoms with Gasteiger partial charge >= 0.3 is 0 Å². The van der Waals surface area contributed by atoms with Crippen LogP contribution in [0, 0.1) is 5.82 Å². The van der Waals surface area contributed by atoms with Crippen molar-refractivity contribution in [1.29, 1.82) is 0 Å². The van der Waals surface area contributed by atoms with Gasteiger partial charge in [0.2, 0.25) is 5.91 Å². The van der Waals surface area contributed by atoms with E-state index in [1.165, 1.54) is 17.0 Å². The quantitative estimate of drug-likeness (QED) is 0.653. The smallest absolute Gasteiger partial charge is 0.252 e. The minimum absolute atomic E-state index is 0.0178. The number of halogens is 1.